The molecule has 0 aliphatic carbocycles. The van der Waals surface area contributed by atoms with Crippen molar-refractivity contribution >= 4 is 22.9 Å². The Labute approximate surface area is 111 Å². The summed E-state index contributed by atoms with van der Waals surface area (Å²) in [5.41, 5.74) is 8.86. The van der Waals surface area contributed by atoms with Crippen LogP contribution in [0, 0.1) is 0 Å². The second-order valence-electron chi connectivity index (χ2n) is 4.07. The normalized spacial score (nSPS) is 12.6. The summed E-state index contributed by atoms with van der Waals surface area (Å²) in [5.74, 6) is 0. The zero-order chi connectivity index (χ0) is 12.3. The van der Waals surface area contributed by atoms with E-state index in [1.54, 1.807) is 11.3 Å². The molecule has 0 aliphatic heterocycles. The van der Waals surface area contributed by atoms with Gasteiger partial charge < -0.3 is 5.73 Å². The van der Waals surface area contributed by atoms with E-state index in [1.165, 1.54) is 16.0 Å². The van der Waals surface area contributed by atoms with E-state index in [-0.39, 0.29) is 6.04 Å². The van der Waals surface area contributed by atoms with Gasteiger partial charge in [0.25, 0.3) is 0 Å². The molecule has 0 bridgehead atoms. The van der Waals surface area contributed by atoms with Crippen molar-refractivity contribution in [2.24, 2.45) is 5.73 Å². The highest BCUT2D eigenvalue weighted by molar-refractivity contribution is 7.16. The van der Waals surface area contributed by atoms with Crippen molar-refractivity contribution in [3.8, 4) is 0 Å². The van der Waals surface area contributed by atoms with Crippen molar-refractivity contribution < 1.29 is 0 Å². The van der Waals surface area contributed by atoms with Gasteiger partial charge in [-0.2, -0.15) is 0 Å². The average molecular weight is 266 g/mol. The van der Waals surface area contributed by atoms with Crippen LogP contribution in [0.3, 0.4) is 0 Å². The van der Waals surface area contributed by atoms with Gasteiger partial charge >= 0.3 is 0 Å². The van der Waals surface area contributed by atoms with Crippen LogP contribution in [-0.4, -0.2) is 0 Å². The summed E-state index contributed by atoms with van der Waals surface area (Å²) in [5, 5.41) is 0. The number of hydrogen-bond donors (Lipinski definition) is 1. The van der Waals surface area contributed by atoms with E-state index in [0.29, 0.717) is 0 Å². The lowest BCUT2D eigenvalue weighted by molar-refractivity contribution is 0.720. The number of thiophene rings is 1. The van der Waals surface area contributed by atoms with Gasteiger partial charge in [0.1, 0.15) is 0 Å². The molecular formula is C14H16ClNS. The molecule has 1 heterocycles. The third-order valence-corrected chi connectivity index (χ3v) is 4.14. The van der Waals surface area contributed by atoms with Crippen molar-refractivity contribution in [3.05, 3.63) is 56.7 Å². The van der Waals surface area contributed by atoms with Crippen molar-refractivity contribution in [3.63, 3.8) is 0 Å². The highest BCUT2D eigenvalue weighted by Crippen LogP contribution is 2.26. The topological polar surface area (TPSA) is 26.0 Å². The van der Waals surface area contributed by atoms with Crippen molar-refractivity contribution in [2.75, 3.05) is 0 Å². The molecule has 1 aromatic carbocycles. The van der Waals surface area contributed by atoms with E-state index in [2.05, 4.69) is 37.3 Å². The highest BCUT2D eigenvalue weighted by atomic mass is 35.5. The fourth-order valence-corrected chi connectivity index (χ4v) is 3.15. The van der Waals surface area contributed by atoms with Gasteiger partial charge in [-0.1, -0.05) is 42.8 Å². The standard InChI is InChI=1S/C14H16ClNS/c1-2-10-5-3-4-6-12(10)13(16)9-11-7-8-14(15)17-11/h3-8,13H,2,9,16H2,1H3. The van der Waals surface area contributed by atoms with Gasteiger partial charge in [-0.3, -0.25) is 0 Å². The minimum absolute atomic E-state index is 0.0564. The van der Waals surface area contributed by atoms with Gasteiger partial charge in [-0.05, 0) is 29.7 Å². The minimum Gasteiger partial charge on any atom is -0.324 e. The minimum atomic E-state index is 0.0564. The maximum Gasteiger partial charge on any atom is 0.0931 e. The third kappa shape index (κ3) is 3.09. The van der Waals surface area contributed by atoms with Crippen LogP contribution in [0.5, 0.6) is 0 Å². The Kier molecular flexibility index (Phi) is 4.21. The molecule has 1 unspecified atom stereocenters. The van der Waals surface area contributed by atoms with Crippen LogP contribution in [0.25, 0.3) is 0 Å². The Bertz CT molecular complexity index is 492. The van der Waals surface area contributed by atoms with Crippen molar-refractivity contribution in [1.82, 2.24) is 0 Å². The van der Waals surface area contributed by atoms with Gasteiger partial charge in [-0.25, -0.2) is 0 Å². The SMILES string of the molecule is CCc1ccccc1C(N)Cc1ccc(Cl)s1. The number of aryl methyl sites for hydroxylation is 1. The number of hydrogen-bond acceptors (Lipinski definition) is 2. The predicted octanol–water partition coefficient (Wildman–Crippen LogP) is 4.21. The fourth-order valence-electron chi connectivity index (χ4n) is 2.01. The largest absolute Gasteiger partial charge is 0.324 e. The molecular weight excluding hydrogens is 250 g/mol. The summed E-state index contributed by atoms with van der Waals surface area (Å²) in [6, 6.07) is 12.4. The monoisotopic (exact) mass is 265 g/mol. The summed E-state index contributed by atoms with van der Waals surface area (Å²) in [6.07, 6.45) is 1.88. The molecule has 0 radical (unpaired) electrons. The van der Waals surface area contributed by atoms with Gasteiger partial charge in [0.05, 0.1) is 4.34 Å². The summed E-state index contributed by atoms with van der Waals surface area (Å²) >= 11 is 7.54. The smallest absolute Gasteiger partial charge is 0.0931 e. The molecule has 0 spiro atoms. The van der Waals surface area contributed by atoms with E-state index >= 15 is 0 Å². The van der Waals surface area contributed by atoms with Gasteiger partial charge in [0.15, 0.2) is 0 Å². The predicted molar refractivity (Wildman–Crippen MR) is 75.8 cm³/mol. The summed E-state index contributed by atoms with van der Waals surface area (Å²) < 4.78 is 0.830. The molecule has 1 nitrogen and oxygen atoms in total. The van der Waals surface area contributed by atoms with Crippen LogP contribution in [-0.2, 0) is 12.8 Å². The molecule has 0 saturated carbocycles. The van der Waals surface area contributed by atoms with Crippen LogP contribution < -0.4 is 5.73 Å². The van der Waals surface area contributed by atoms with Crippen LogP contribution in [0.4, 0.5) is 0 Å². The maximum atomic E-state index is 6.28. The Morgan fingerprint density at radius 1 is 1.24 bits per heavy atom. The Morgan fingerprint density at radius 3 is 2.65 bits per heavy atom. The average Bonchev–Trinajstić information content (AvgIpc) is 2.74. The van der Waals surface area contributed by atoms with E-state index in [0.717, 1.165) is 17.2 Å². The number of rotatable bonds is 4. The Morgan fingerprint density at radius 2 is 2.00 bits per heavy atom. The summed E-state index contributed by atoms with van der Waals surface area (Å²) in [4.78, 5) is 1.24. The number of benzene rings is 1. The van der Waals surface area contributed by atoms with Crippen molar-refractivity contribution in [1.29, 1.82) is 0 Å². The molecule has 0 saturated heterocycles. The molecule has 0 amide bonds. The van der Waals surface area contributed by atoms with Crippen LogP contribution in [0.1, 0.15) is 29.0 Å². The summed E-state index contributed by atoms with van der Waals surface area (Å²) in [6.45, 7) is 2.16. The Hall–Kier alpha value is -0.830. The summed E-state index contributed by atoms with van der Waals surface area (Å²) in [7, 11) is 0. The van der Waals surface area contributed by atoms with E-state index in [1.807, 2.05) is 6.07 Å². The second-order valence-corrected chi connectivity index (χ2v) is 5.87. The molecule has 2 N–H and O–H groups in total. The first-order valence-electron chi connectivity index (χ1n) is 5.78. The van der Waals surface area contributed by atoms with E-state index in [9.17, 15) is 0 Å². The van der Waals surface area contributed by atoms with Gasteiger partial charge in [0.2, 0.25) is 0 Å². The third-order valence-electron chi connectivity index (χ3n) is 2.89. The zero-order valence-electron chi connectivity index (χ0n) is 9.82. The first-order valence-corrected chi connectivity index (χ1v) is 6.97. The molecule has 0 fully saturated rings. The fraction of sp³-hybridized carbons (Fsp3) is 0.286. The number of nitrogens with two attached hydrogens (primary N) is 1. The molecule has 1 atom stereocenters. The molecule has 17 heavy (non-hydrogen) atoms. The van der Waals surface area contributed by atoms with Gasteiger partial charge in [-0.15, -0.1) is 11.3 Å². The molecule has 2 rings (SSSR count). The first kappa shape index (κ1) is 12.6. The molecule has 3 heteroatoms. The quantitative estimate of drug-likeness (QED) is 0.881. The Balaban J connectivity index is 2.16. The van der Waals surface area contributed by atoms with Crippen LogP contribution in [0.15, 0.2) is 36.4 Å². The van der Waals surface area contributed by atoms with E-state index < -0.39 is 0 Å². The molecule has 0 aliphatic rings. The second kappa shape index (κ2) is 5.67. The molecule has 90 valence electrons. The van der Waals surface area contributed by atoms with Gasteiger partial charge in [0, 0.05) is 17.3 Å². The van der Waals surface area contributed by atoms with E-state index in [4.69, 9.17) is 17.3 Å². The lowest BCUT2D eigenvalue weighted by atomic mass is 9.97. The van der Waals surface area contributed by atoms with Crippen molar-refractivity contribution in [2.45, 2.75) is 25.8 Å². The zero-order valence-corrected chi connectivity index (χ0v) is 11.4. The number of halogens is 1. The molecule has 1 aromatic heterocycles. The maximum absolute atomic E-state index is 6.28. The molecule has 2 aromatic rings. The van der Waals surface area contributed by atoms with Crippen LogP contribution in [0.2, 0.25) is 4.34 Å². The lowest BCUT2D eigenvalue weighted by Crippen LogP contribution is -2.14. The van der Waals surface area contributed by atoms with Crippen LogP contribution >= 0.6 is 22.9 Å². The first-order chi connectivity index (χ1) is 8.20. The highest BCUT2D eigenvalue weighted by Gasteiger charge is 2.11. The lowest BCUT2D eigenvalue weighted by Gasteiger charge is -2.14.